The number of carboxylic acid groups (broad SMARTS) is 2. The number of amides is 2. The zero-order valence-electron chi connectivity index (χ0n) is 6.28. The van der Waals surface area contributed by atoms with Crippen LogP contribution in [-0.4, -0.2) is 34.5 Å². The molecule has 0 aliphatic heterocycles. The highest BCUT2D eigenvalue weighted by Gasteiger charge is 2.31. The molecule has 12 heavy (non-hydrogen) atoms. The molecule has 0 radical (unpaired) electrons. The Balaban J connectivity index is 2.11. The normalized spacial score (nSPS) is 27.0. The zero-order chi connectivity index (χ0) is 9.14. The second kappa shape index (κ2) is 3.29. The Hall–Kier alpha value is -1.46. The van der Waals surface area contributed by atoms with Gasteiger partial charge in [-0.3, -0.25) is 0 Å². The molecule has 0 aromatic rings. The van der Waals surface area contributed by atoms with Crippen molar-refractivity contribution in [2.45, 2.75) is 24.9 Å². The first kappa shape index (κ1) is 8.63. The van der Waals surface area contributed by atoms with Crippen LogP contribution in [0.25, 0.3) is 0 Å². The fraction of sp³-hybridized carbons (Fsp3) is 0.667. The summed E-state index contributed by atoms with van der Waals surface area (Å²) in [6.07, 6.45) is -1.04. The van der Waals surface area contributed by atoms with Crippen LogP contribution < -0.4 is 10.6 Å². The van der Waals surface area contributed by atoms with E-state index >= 15 is 0 Å². The maximum atomic E-state index is 10.1. The Morgan fingerprint density at radius 3 is 1.58 bits per heavy atom. The monoisotopic (exact) mass is 174 g/mol. The van der Waals surface area contributed by atoms with Gasteiger partial charge < -0.3 is 20.8 Å². The Kier molecular flexibility index (Phi) is 2.37. The summed E-state index contributed by atoms with van der Waals surface area (Å²) in [4.78, 5) is 20.2. The van der Waals surface area contributed by atoms with Crippen molar-refractivity contribution in [3.05, 3.63) is 0 Å². The smallest absolute Gasteiger partial charge is 0.404 e. The molecule has 0 bridgehead atoms. The minimum absolute atomic E-state index is 0.0978. The molecule has 2 amide bonds. The summed E-state index contributed by atoms with van der Waals surface area (Å²) in [6, 6.07) is -0.196. The molecule has 6 nitrogen and oxygen atoms in total. The van der Waals surface area contributed by atoms with Gasteiger partial charge in [0.15, 0.2) is 0 Å². The van der Waals surface area contributed by atoms with Gasteiger partial charge in [-0.15, -0.1) is 0 Å². The second-order valence-electron chi connectivity index (χ2n) is 2.76. The minimum Gasteiger partial charge on any atom is -0.465 e. The molecule has 68 valence electrons. The third-order valence-electron chi connectivity index (χ3n) is 1.79. The Labute approximate surface area is 68.6 Å². The molecule has 1 saturated carbocycles. The van der Waals surface area contributed by atoms with Crippen LogP contribution in [0.4, 0.5) is 9.59 Å². The molecule has 0 spiro atoms. The van der Waals surface area contributed by atoms with E-state index in [1.54, 1.807) is 0 Å². The highest BCUT2D eigenvalue weighted by atomic mass is 16.4. The highest BCUT2D eigenvalue weighted by molar-refractivity contribution is 5.66. The van der Waals surface area contributed by atoms with Crippen LogP contribution in [0.15, 0.2) is 0 Å². The molecule has 0 heterocycles. The maximum Gasteiger partial charge on any atom is 0.404 e. The first-order valence-electron chi connectivity index (χ1n) is 3.57. The van der Waals surface area contributed by atoms with Gasteiger partial charge in [-0.25, -0.2) is 9.59 Å². The first-order valence-corrected chi connectivity index (χ1v) is 3.57. The van der Waals surface area contributed by atoms with E-state index in [1.807, 2.05) is 0 Å². The fourth-order valence-electron chi connectivity index (χ4n) is 1.20. The van der Waals surface area contributed by atoms with Gasteiger partial charge in [0.25, 0.3) is 0 Å². The predicted molar refractivity (Wildman–Crippen MR) is 39.1 cm³/mol. The van der Waals surface area contributed by atoms with Crippen LogP contribution >= 0.6 is 0 Å². The third-order valence-corrected chi connectivity index (χ3v) is 1.79. The average Bonchev–Trinajstić information content (AvgIpc) is 1.80. The van der Waals surface area contributed by atoms with Crippen molar-refractivity contribution in [1.82, 2.24) is 10.6 Å². The van der Waals surface area contributed by atoms with Gasteiger partial charge in [0.05, 0.1) is 0 Å². The van der Waals surface area contributed by atoms with Crippen molar-refractivity contribution in [3.63, 3.8) is 0 Å². The van der Waals surface area contributed by atoms with Crippen LogP contribution in [-0.2, 0) is 0 Å². The van der Waals surface area contributed by atoms with Gasteiger partial charge in [0.1, 0.15) is 0 Å². The van der Waals surface area contributed by atoms with E-state index in [9.17, 15) is 9.59 Å². The summed E-state index contributed by atoms with van der Waals surface area (Å²) < 4.78 is 0. The quantitative estimate of drug-likeness (QED) is 0.475. The Morgan fingerprint density at radius 1 is 1.00 bits per heavy atom. The molecule has 0 aromatic carbocycles. The van der Waals surface area contributed by atoms with E-state index in [0.29, 0.717) is 12.8 Å². The molecule has 1 rings (SSSR count). The topological polar surface area (TPSA) is 98.7 Å². The van der Waals surface area contributed by atoms with Crippen LogP contribution in [0.1, 0.15) is 12.8 Å². The fourth-order valence-corrected chi connectivity index (χ4v) is 1.20. The average molecular weight is 174 g/mol. The lowest BCUT2D eigenvalue weighted by Gasteiger charge is -2.34. The predicted octanol–water partition coefficient (Wildman–Crippen LogP) is 0.0526. The lowest BCUT2D eigenvalue weighted by Crippen LogP contribution is -2.53. The molecule has 6 heteroatoms. The summed E-state index contributed by atoms with van der Waals surface area (Å²) in [7, 11) is 0. The standard InChI is InChI=1S/C6H10N2O4/c9-5(10)7-3-1-4(2-3)8-6(11)12/h3-4,7-8H,1-2H2,(H,9,10)(H,11,12). The molecular formula is C6H10N2O4. The van der Waals surface area contributed by atoms with Gasteiger partial charge >= 0.3 is 12.2 Å². The summed E-state index contributed by atoms with van der Waals surface area (Å²) in [5.74, 6) is 0. The van der Waals surface area contributed by atoms with Crippen molar-refractivity contribution in [2.75, 3.05) is 0 Å². The molecule has 1 aliphatic carbocycles. The Bertz CT molecular complexity index is 180. The van der Waals surface area contributed by atoms with Gasteiger partial charge in [-0.1, -0.05) is 0 Å². The van der Waals surface area contributed by atoms with Crippen LogP contribution in [0.5, 0.6) is 0 Å². The van der Waals surface area contributed by atoms with Gasteiger partial charge in [-0.05, 0) is 12.8 Å². The highest BCUT2D eigenvalue weighted by Crippen LogP contribution is 2.19. The van der Waals surface area contributed by atoms with Gasteiger partial charge in [-0.2, -0.15) is 0 Å². The lowest BCUT2D eigenvalue weighted by atomic mass is 9.87. The zero-order valence-corrected chi connectivity index (χ0v) is 6.28. The molecule has 1 fully saturated rings. The summed E-state index contributed by atoms with van der Waals surface area (Å²) in [5.41, 5.74) is 0. The minimum atomic E-state index is -1.06. The van der Waals surface area contributed by atoms with Crippen LogP contribution in [0.2, 0.25) is 0 Å². The van der Waals surface area contributed by atoms with Crippen LogP contribution in [0.3, 0.4) is 0 Å². The number of nitrogens with one attached hydrogen (secondary N) is 2. The van der Waals surface area contributed by atoms with E-state index in [4.69, 9.17) is 10.2 Å². The number of carbonyl (C=O) groups is 2. The largest absolute Gasteiger partial charge is 0.465 e. The van der Waals surface area contributed by atoms with Crippen molar-refractivity contribution in [1.29, 1.82) is 0 Å². The van der Waals surface area contributed by atoms with Crippen molar-refractivity contribution < 1.29 is 19.8 Å². The summed E-state index contributed by atoms with van der Waals surface area (Å²) in [6.45, 7) is 0. The number of hydrogen-bond acceptors (Lipinski definition) is 2. The SMILES string of the molecule is O=C(O)NC1CC(NC(=O)O)C1. The van der Waals surface area contributed by atoms with E-state index in [1.165, 1.54) is 0 Å². The summed E-state index contributed by atoms with van der Waals surface area (Å²) >= 11 is 0. The molecule has 0 aromatic heterocycles. The van der Waals surface area contributed by atoms with E-state index < -0.39 is 12.2 Å². The second-order valence-corrected chi connectivity index (χ2v) is 2.76. The number of hydrogen-bond donors (Lipinski definition) is 4. The van der Waals surface area contributed by atoms with E-state index in [-0.39, 0.29) is 12.1 Å². The van der Waals surface area contributed by atoms with Gasteiger partial charge in [0, 0.05) is 12.1 Å². The molecule has 0 atom stereocenters. The third kappa shape index (κ3) is 2.30. The van der Waals surface area contributed by atoms with E-state index in [0.717, 1.165) is 0 Å². The molecule has 1 aliphatic rings. The van der Waals surface area contributed by atoms with Crippen LogP contribution in [0, 0.1) is 0 Å². The van der Waals surface area contributed by atoms with E-state index in [2.05, 4.69) is 10.6 Å². The molecule has 4 N–H and O–H groups in total. The summed E-state index contributed by atoms with van der Waals surface area (Å²) in [5, 5.41) is 21.1. The molecular weight excluding hydrogens is 164 g/mol. The van der Waals surface area contributed by atoms with Crippen molar-refractivity contribution in [3.8, 4) is 0 Å². The lowest BCUT2D eigenvalue weighted by molar-refractivity contribution is 0.162. The number of rotatable bonds is 2. The Morgan fingerprint density at radius 2 is 1.33 bits per heavy atom. The van der Waals surface area contributed by atoms with Crippen molar-refractivity contribution >= 4 is 12.2 Å². The molecule has 0 saturated heterocycles. The van der Waals surface area contributed by atoms with Crippen molar-refractivity contribution in [2.24, 2.45) is 0 Å². The first-order chi connectivity index (χ1) is 5.58. The van der Waals surface area contributed by atoms with Gasteiger partial charge in [0.2, 0.25) is 0 Å². The molecule has 0 unspecified atom stereocenters. The maximum absolute atomic E-state index is 10.1.